The minimum Gasteiger partial charge on any atom is -0.467 e. The van der Waals surface area contributed by atoms with Gasteiger partial charge in [-0.3, -0.25) is 9.78 Å². The Morgan fingerprint density at radius 2 is 1.38 bits per heavy atom. The predicted octanol–water partition coefficient (Wildman–Crippen LogP) is 4.35. The van der Waals surface area contributed by atoms with Gasteiger partial charge in [-0.1, -0.05) is 41.5 Å². The van der Waals surface area contributed by atoms with E-state index in [0.29, 0.717) is 5.56 Å². The first-order valence-electron chi connectivity index (χ1n) is 11.8. The molecule has 0 aliphatic carbocycles. The summed E-state index contributed by atoms with van der Waals surface area (Å²) in [6.45, 7) is 18.2. The summed E-state index contributed by atoms with van der Waals surface area (Å²) >= 11 is 0. The maximum atomic E-state index is 13.4. The second kappa shape index (κ2) is 9.55. The number of aromatic nitrogens is 1. The Kier molecular flexibility index (Phi) is 7.75. The third kappa shape index (κ3) is 6.70. The first-order valence-corrected chi connectivity index (χ1v) is 11.8. The molecule has 0 aromatic carbocycles. The molecule has 34 heavy (non-hydrogen) atoms. The number of esters is 1. The summed E-state index contributed by atoms with van der Waals surface area (Å²) in [5.74, 6) is -0.889. The fourth-order valence-corrected chi connectivity index (χ4v) is 3.69. The van der Waals surface area contributed by atoms with Crippen LogP contribution in [0.1, 0.15) is 96.9 Å². The molecule has 0 unspecified atom stereocenters. The molecule has 1 aromatic rings. The molecule has 2 heterocycles. The minimum atomic E-state index is -1.22. The molecule has 0 bridgehead atoms. The Bertz CT molecular complexity index is 895. The van der Waals surface area contributed by atoms with Gasteiger partial charge in [-0.25, -0.2) is 9.59 Å². The normalized spacial score (nSPS) is 16.6. The predicted molar refractivity (Wildman–Crippen MR) is 131 cm³/mol. The van der Waals surface area contributed by atoms with Gasteiger partial charge in [-0.2, -0.15) is 0 Å². The van der Waals surface area contributed by atoms with Crippen LogP contribution >= 0.6 is 0 Å². The van der Waals surface area contributed by atoms with Gasteiger partial charge in [-0.05, 0) is 45.7 Å². The number of methoxy groups -OCH3 is 1. The molecule has 8 nitrogen and oxygen atoms in total. The summed E-state index contributed by atoms with van der Waals surface area (Å²) in [5, 5.41) is 2.94. The lowest BCUT2D eigenvalue weighted by Crippen LogP contribution is -2.61. The fraction of sp³-hybridized carbons (Fsp3) is 0.692. The molecule has 0 saturated carbocycles. The van der Waals surface area contributed by atoms with Crippen LogP contribution < -0.4 is 5.32 Å². The zero-order valence-corrected chi connectivity index (χ0v) is 22.4. The van der Waals surface area contributed by atoms with Gasteiger partial charge < -0.3 is 19.7 Å². The lowest BCUT2D eigenvalue weighted by molar-refractivity contribution is -0.150. The van der Waals surface area contributed by atoms with E-state index in [2.05, 4.69) is 5.32 Å². The van der Waals surface area contributed by atoms with Crippen LogP contribution in [0.4, 0.5) is 4.79 Å². The van der Waals surface area contributed by atoms with Gasteiger partial charge in [0.2, 0.25) is 0 Å². The second-order valence-corrected chi connectivity index (χ2v) is 12.1. The van der Waals surface area contributed by atoms with Gasteiger partial charge >= 0.3 is 12.1 Å². The molecule has 0 radical (unpaired) electrons. The number of ether oxygens (including phenoxy) is 2. The van der Waals surface area contributed by atoms with Crippen molar-refractivity contribution in [3.63, 3.8) is 0 Å². The van der Waals surface area contributed by atoms with Crippen LogP contribution in [0.25, 0.3) is 0 Å². The van der Waals surface area contributed by atoms with Crippen LogP contribution in [0.15, 0.2) is 12.1 Å². The third-order valence-electron chi connectivity index (χ3n) is 5.82. The van der Waals surface area contributed by atoms with Gasteiger partial charge in [-0.15, -0.1) is 0 Å². The lowest BCUT2D eigenvalue weighted by atomic mass is 9.85. The van der Waals surface area contributed by atoms with Crippen LogP contribution in [0, 0.1) is 0 Å². The van der Waals surface area contributed by atoms with Crippen molar-refractivity contribution in [1.29, 1.82) is 0 Å². The monoisotopic (exact) mass is 475 g/mol. The topological polar surface area (TPSA) is 97.8 Å². The van der Waals surface area contributed by atoms with Crippen molar-refractivity contribution in [1.82, 2.24) is 15.2 Å². The number of nitrogens with one attached hydrogen (secondary N) is 1. The third-order valence-corrected chi connectivity index (χ3v) is 5.82. The van der Waals surface area contributed by atoms with Crippen LogP contribution in [0.5, 0.6) is 0 Å². The number of rotatable bonds is 3. The Balaban J connectivity index is 2.33. The first-order chi connectivity index (χ1) is 15.4. The quantitative estimate of drug-likeness (QED) is 0.653. The summed E-state index contributed by atoms with van der Waals surface area (Å²) in [6, 6.07) is 3.57. The summed E-state index contributed by atoms with van der Waals surface area (Å²) in [7, 11) is 1.30. The molecule has 8 heteroatoms. The summed E-state index contributed by atoms with van der Waals surface area (Å²) in [6.07, 6.45) is 0.0261. The molecule has 2 rings (SSSR count). The number of piperidine rings is 1. The molecule has 1 aromatic heterocycles. The molecule has 1 saturated heterocycles. The number of carbonyl (C=O) groups is 3. The Morgan fingerprint density at radius 1 is 0.912 bits per heavy atom. The highest BCUT2D eigenvalue weighted by atomic mass is 16.6. The number of hydrogen-bond donors (Lipinski definition) is 1. The second-order valence-electron chi connectivity index (χ2n) is 12.1. The highest BCUT2D eigenvalue weighted by Gasteiger charge is 2.45. The van der Waals surface area contributed by atoms with Crippen LogP contribution in [-0.4, -0.2) is 59.2 Å². The Hall–Kier alpha value is -2.64. The van der Waals surface area contributed by atoms with Crippen LogP contribution in [0.3, 0.4) is 0 Å². The van der Waals surface area contributed by atoms with Gasteiger partial charge in [0.15, 0.2) is 0 Å². The highest BCUT2D eigenvalue weighted by molar-refractivity contribution is 5.98. The van der Waals surface area contributed by atoms with E-state index in [9.17, 15) is 14.4 Å². The average molecular weight is 476 g/mol. The largest absolute Gasteiger partial charge is 0.467 e. The SMILES string of the molecule is COC(=O)C1(NC(=O)c2cc(C(C)(C)C)nc(C(C)(C)C)c2)CCN(C(=O)OC(C)(C)C)CC1. The van der Waals surface area contributed by atoms with Crippen molar-refractivity contribution in [2.24, 2.45) is 0 Å². The van der Waals surface area contributed by atoms with Crippen LogP contribution in [-0.2, 0) is 25.1 Å². The van der Waals surface area contributed by atoms with Crippen molar-refractivity contribution >= 4 is 18.0 Å². The maximum Gasteiger partial charge on any atom is 0.410 e. The van der Waals surface area contributed by atoms with Gasteiger partial charge in [0.25, 0.3) is 5.91 Å². The van der Waals surface area contributed by atoms with E-state index in [1.54, 1.807) is 37.8 Å². The first kappa shape index (κ1) is 27.6. The smallest absolute Gasteiger partial charge is 0.410 e. The van der Waals surface area contributed by atoms with E-state index < -0.39 is 23.2 Å². The molecule has 0 atom stereocenters. The van der Waals surface area contributed by atoms with Gasteiger partial charge in [0.05, 0.1) is 7.11 Å². The summed E-state index contributed by atoms with van der Waals surface area (Å²) in [5.41, 5.74) is -0.294. The molecular formula is C26H41N3O5. The zero-order valence-electron chi connectivity index (χ0n) is 22.4. The standard InChI is InChI=1S/C26H41N3O5/c1-23(2,3)18-15-17(16-19(27-18)24(4,5)6)20(30)28-26(21(31)33-10)11-13-29(14-12-26)22(32)34-25(7,8)9/h15-16H,11-14H2,1-10H3,(H,28,30). The minimum absolute atomic E-state index is 0.230. The maximum absolute atomic E-state index is 13.4. The van der Waals surface area contributed by atoms with E-state index in [1.807, 2.05) is 41.5 Å². The van der Waals surface area contributed by atoms with Crippen molar-refractivity contribution in [2.45, 2.75) is 97.1 Å². The average Bonchev–Trinajstić information content (AvgIpc) is 2.70. The van der Waals surface area contributed by atoms with E-state index in [4.69, 9.17) is 14.5 Å². The number of nitrogens with zero attached hydrogens (tertiary/aromatic N) is 2. The molecule has 0 spiro atoms. The van der Waals surface area contributed by atoms with E-state index in [0.717, 1.165) is 11.4 Å². The number of likely N-dealkylation sites (tertiary alicyclic amines) is 1. The van der Waals surface area contributed by atoms with Crippen molar-refractivity contribution < 1.29 is 23.9 Å². The van der Waals surface area contributed by atoms with E-state index in [-0.39, 0.29) is 42.7 Å². The number of carbonyl (C=O) groups excluding carboxylic acids is 3. The Morgan fingerprint density at radius 3 is 1.76 bits per heavy atom. The molecule has 1 fully saturated rings. The van der Waals surface area contributed by atoms with Gasteiger partial charge in [0.1, 0.15) is 11.1 Å². The lowest BCUT2D eigenvalue weighted by Gasteiger charge is -2.40. The molecular weight excluding hydrogens is 434 g/mol. The number of pyridine rings is 1. The summed E-state index contributed by atoms with van der Waals surface area (Å²) < 4.78 is 10.5. The van der Waals surface area contributed by atoms with Crippen molar-refractivity contribution in [2.75, 3.05) is 20.2 Å². The van der Waals surface area contributed by atoms with Crippen molar-refractivity contribution in [3.05, 3.63) is 29.1 Å². The molecule has 1 aliphatic heterocycles. The van der Waals surface area contributed by atoms with E-state index in [1.165, 1.54) is 7.11 Å². The highest BCUT2D eigenvalue weighted by Crippen LogP contribution is 2.29. The molecule has 1 aliphatic rings. The van der Waals surface area contributed by atoms with E-state index >= 15 is 0 Å². The molecule has 190 valence electrons. The van der Waals surface area contributed by atoms with Crippen LogP contribution in [0.2, 0.25) is 0 Å². The molecule has 2 amide bonds. The fourth-order valence-electron chi connectivity index (χ4n) is 3.69. The zero-order chi connectivity index (χ0) is 26.1. The van der Waals surface area contributed by atoms with Crippen molar-refractivity contribution in [3.8, 4) is 0 Å². The number of hydrogen-bond acceptors (Lipinski definition) is 6. The number of amides is 2. The summed E-state index contributed by atoms with van der Waals surface area (Å²) in [4.78, 5) is 45.1. The van der Waals surface area contributed by atoms with Gasteiger partial charge in [0, 0.05) is 40.9 Å². The Labute approximate surface area is 203 Å². The molecule has 1 N–H and O–H groups in total.